The lowest BCUT2D eigenvalue weighted by Gasteiger charge is -2.11. The topological polar surface area (TPSA) is 3.24 Å². The summed E-state index contributed by atoms with van der Waals surface area (Å²) in [6.07, 6.45) is 1.99. The van der Waals surface area contributed by atoms with Crippen LogP contribution in [-0.4, -0.2) is 25.5 Å². The monoisotopic (exact) mass is 261 g/mol. The Morgan fingerprint density at radius 1 is 1.46 bits per heavy atom. The van der Waals surface area contributed by atoms with Gasteiger partial charge in [0.05, 0.1) is 0 Å². The Kier molecular flexibility index (Phi) is 6.47. The Labute approximate surface area is 93.7 Å². The Morgan fingerprint density at radius 3 is 2.38 bits per heavy atom. The van der Waals surface area contributed by atoms with Crippen molar-refractivity contribution in [3.8, 4) is 0 Å². The first-order chi connectivity index (χ1) is 5.91. The zero-order chi connectivity index (χ0) is 10.4. The zero-order valence-corrected chi connectivity index (χ0v) is 10.8. The van der Waals surface area contributed by atoms with Gasteiger partial charge >= 0.3 is 0 Å². The third-order valence-corrected chi connectivity index (χ3v) is 2.15. The van der Waals surface area contributed by atoms with Gasteiger partial charge < -0.3 is 4.90 Å². The maximum atomic E-state index is 3.96. The number of allylic oxidation sites excluding steroid dienone is 2. The van der Waals surface area contributed by atoms with E-state index < -0.39 is 0 Å². The third-order valence-electron chi connectivity index (χ3n) is 1.13. The summed E-state index contributed by atoms with van der Waals surface area (Å²) < 4.78 is 1.09. The molecule has 13 heavy (non-hydrogen) atoms. The molecular weight excluding hydrogens is 246 g/mol. The minimum Gasteiger partial charge on any atom is -0.305 e. The number of hydrogen-bond donors (Lipinski definition) is 0. The molecule has 0 amide bonds. The SMILES string of the molecule is C=C(/C=C(\C)Br)SC(=C)CN(C)C. The highest BCUT2D eigenvalue weighted by Gasteiger charge is 1.98. The van der Waals surface area contributed by atoms with E-state index in [1.54, 1.807) is 11.8 Å². The van der Waals surface area contributed by atoms with Crippen molar-refractivity contribution in [2.45, 2.75) is 6.92 Å². The molecule has 0 aromatic heterocycles. The summed E-state index contributed by atoms with van der Waals surface area (Å²) in [7, 11) is 4.06. The van der Waals surface area contributed by atoms with E-state index in [4.69, 9.17) is 0 Å². The van der Waals surface area contributed by atoms with Crippen molar-refractivity contribution < 1.29 is 0 Å². The molecule has 0 aliphatic rings. The summed E-state index contributed by atoms with van der Waals surface area (Å²) in [6.45, 7) is 10.8. The molecular formula is C10H16BrNS. The molecule has 3 heteroatoms. The van der Waals surface area contributed by atoms with E-state index in [0.29, 0.717) is 0 Å². The molecule has 0 unspecified atom stereocenters. The summed E-state index contributed by atoms with van der Waals surface area (Å²) in [5, 5.41) is 0. The molecule has 1 nitrogen and oxygen atoms in total. The first-order valence-corrected chi connectivity index (χ1v) is 5.56. The molecule has 74 valence electrons. The molecule has 0 bridgehead atoms. The number of thioether (sulfide) groups is 1. The fourth-order valence-electron chi connectivity index (χ4n) is 0.822. The van der Waals surface area contributed by atoms with Crippen molar-refractivity contribution in [3.05, 3.63) is 33.5 Å². The Morgan fingerprint density at radius 2 is 2.00 bits per heavy atom. The molecule has 0 saturated heterocycles. The van der Waals surface area contributed by atoms with Crippen LogP contribution in [0.25, 0.3) is 0 Å². The summed E-state index contributed by atoms with van der Waals surface area (Å²) in [4.78, 5) is 4.22. The largest absolute Gasteiger partial charge is 0.305 e. The average Bonchev–Trinajstić information content (AvgIpc) is 1.80. The summed E-state index contributed by atoms with van der Waals surface area (Å²) in [5.74, 6) is 0. The molecule has 0 aliphatic carbocycles. The Hall–Kier alpha value is 0.01000. The molecule has 0 heterocycles. The Bertz CT molecular complexity index is 227. The van der Waals surface area contributed by atoms with Gasteiger partial charge in [-0.05, 0) is 36.5 Å². The van der Waals surface area contributed by atoms with Gasteiger partial charge in [-0.25, -0.2) is 0 Å². The predicted octanol–water partition coefficient (Wildman–Crippen LogP) is 3.61. The quantitative estimate of drug-likeness (QED) is 0.696. The van der Waals surface area contributed by atoms with E-state index in [1.165, 1.54) is 0 Å². The predicted molar refractivity (Wildman–Crippen MR) is 67.1 cm³/mol. The van der Waals surface area contributed by atoms with Gasteiger partial charge in [-0.2, -0.15) is 0 Å². The van der Waals surface area contributed by atoms with Crippen LogP contribution in [0.15, 0.2) is 33.5 Å². The van der Waals surface area contributed by atoms with Gasteiger partial charge in [0.15, 0.2) is 0 Å². The van der Waals surface area contributed by atoms with Crippen LogP contribution in [0, 0.1) is 0 Å². The summed E-state index contributed by atoms with van der Waals surface area (Å²) in [6, 6.07) is 0. The van der Waals surface area contributed by atoms with E-state index in [9.17, 15) is 0 Å². The van der Waals surface area contributed by atoms with Crippen LogP contribution in [0.2, 0.25) is 0 Å². The normalized spacial score (nSPS) is 11.9. The lowest BCUT2D eigenvalue weighted by molar-refractivity contribution is 0.454. The highest BCUT2D eigenvalue weighted by molar-refractivity contribution is 9.11. The molecule has 0 spiro atoms. The number of hydrogen-bond acceptors (Lipinski definition) is 2. The lowest BCUT2D eigenvalue weighted by Crippen LogP contribution is -2.13. The van der Waals surface area contributed by atoms with E-state index in [0.717, 1.165) is 20.8 Å². The van der Waals surface area contributed by atoms with Crippen LogP contribution in [-0.2, 0) is 0 Å². The maximum absolute atomic E-state index is 3.96. The van der Waals surface area contributed by atoms with Gasteiger partial charge in [-0.1, -0.05) is 40.8 Å². The van der Waals surface area contributed by atoms with Gasteiger partial charge in [0.1, 0.15) is 0 Å². The number of rotatable bonds is 5. The van der Waals surface area contributed by atoms with E-state index in [-0.39, 0.29) is 0 Å². The lowest BCUT2D eigenvalue weighted by atomic mass is 10.5. The van der Waals surface area contributed by atoms with Crippen molar-refractivity contribution in [3.63, 3.8) is 0 Å². The van der Waals surface area contributed by atoms with Gasteiger partial charge in [0.25, 0.3) is 0 Å². The van der Waals surface area contributed by atoms with Crippen molar-refractivity contribution in [2.75, 3.05) is 20.6 Å². The molecule has 0 aromatic carbocycles. The van der Waals surface area contributed by atoms with Crippen LogP contribution >= 0.6 is 27.7 Å². The van der Waals surface area contributed by atoms with Crippen molar-refractivity contribution in [1.82, 2.24) is 4.90 Å². The number of halogens is 1. The fraction of sp³-hybridized carbons (Fsp3) is 0.400. The van der Waals surface area contributed by atoms with Crippen molar-refractivity contribution in [2.24, 2.45) is 0 Å². The number of nitrogens with zero attached hydrogens (tertiary/aromatic N) is 1. The minimum atomic E-state index is 0.888. The highest BCUT2D eigenvalue weighted by atomic mass is 79.9. The second kappa shape index (κ2) is 6.46. The van der Waals surface area contributed by atoms with Gasteiger partial charge in [0, 0.05) is 11.4 Å². The second-order valence-electron chi connectivity index (χ2n) is 3.08. The fourth-order valence-corrected chi connectivity index (χ4v) is 2.18. The molecule has 0 rings (SSSR count). The molecule has 0 atom stereocenters. The molecule has 0 N–H and O–H groups in total. The van der Waals surface area contributed by atoms with E-state index in [2.05, 4.69) is 34.0 Å². The average molecular weight is 262 g/mol. The van der Waals surface area contributed by atoms with Crippen molar-refractivity contribution >= 4 is 27.7 Å². The van der Waals surface area contributed by atoms with Crippen LogP contribution in [0.3, 0.4) is 0 Å². The second-order valence-corrected chi connectivity index (χ2v) is 5.63. The molecule has 0 radical (unpaired) electrons. The Balaban J connectivity index is 3.93. The van der Waals surface area contributed by atoms with E-state index >= 15 is 0 Å². The zero-order valence-electron chi connectivity index (χ0n) is 8.43. The first kappa shape index (κ1) is 13.0. The van der Waals surface area contributed by atoms with Gasteiger partial charge in [0.2, 0.25) is 0 Å². The minimum absolute atomic E-state index is 0.888. The van der Waals surface area contributed by atoms with Crippen LogP contribution in [0.1, 0.15) is 6.92 Å². The smallest absolute Gasteiger partial charge is 0.0285 e. The van der Waals surface area contributed by atoms with Gasteiger partial charge in [-0.3, -0.25) is 0 Å². The van der Waals surface area contributed by atoms with Crippen LogP contribution < -0.4 is 0 Å². The number of likely N-dealkylation sites (N-methyl/N-ethyl adjacent to an activating group) is 1. The van der Waals surface area contributed by atoms with Crippen molar-refractivity contribution in [1.29, 1.82) is 0 Å². The standard InChI is InChI=1S/C10H16BrNS/c1-8(11)6-9(2)13-10(3)7-12(4)5/h6H,2-3,7H2,1,4-5H3/b8-6+. The highest BCUT2D eigenvalue weighted by Crippen LogP contribution is 2.25. The first-order valence-electron chi connectivity index (χ1n) is 3.95. The van der Waals surface area contributed by atoms with E-state index in [1.807, 2.05) is 27.1 Å². The third kappa shape index (κ3) is 8.34. The molecule has 0 aromatic rings. The van der Waals surface area contributed by atoms with Crippen LogP contribution in [0.4, 0.5) is 0 Å². The van der Waals surface area contributed by atoms with Gasteiger partial charge in [-0.15, -0.1) is 0 Å². The summed E-state index contributed by atoms with van der Waals surface area (Å²) in [5.41, 5.74) is 0. The maximum Gasteiger partial charge on any atom is 0.0285 e. The summed E-state index contributed by atoms with van der Waals surface area (Å²) >= 11 is 4.98. The molecule has 0 saturated carbocycles. The van der Waals surface area contributed by atoms with Crippen LogP contribution in [0.5, 0.6) is 0 Å². The molecule has 0 aliphatic heterocycles. The molecule has 0 fully saturated rings.